The molecule has 24 heavy (non-hydrogen) atoms. The highest BCUT2D eigenvalue weighted by Crippen LogP contribution is 2.28. The maximum Gasteiger partial charge on any atom is 0.254 e. The molecular weight excluding hydrogens is 310 g/mol. The average molecular weight is 331 g/mol. The molecule has 8 heteroatoms. The molecule has 0 saturated carbocycles. The third-order valence-corrected chi connectivity index (χ3v) is 3.28. The number of anilines is 1. The Hall–Kier alpha value is -2.87. The maximum absolute atomic E-state index is 12.6. The summed E-state index contributed by atoms with van der Waals surface area (Å²) < 4.78 is 10.7. The number of carbonyl (C=O) groups is 1. The highest BCUT2D eigenvalue weighted by molar-refractivity contribution is 5.94. The number of carbonyl (C=O) groups excluding carboxylic acids is 1. The molecule has 0 saturated heterocycles. The summed E-state index contributed by atoms with van der Waals surface area (Å²) in [6.45, 7) is 1.08. The Morgan fingerprint density at radius 3 is 2.58 bits per heavy atom. The number of rotatable bonds is 7. The SMILES string of the molecule is COc1ccc(C(=O)N(C)Cc2cnc(N)nc2)cc1OCCN. The van der Waals surface area contributed by atoms with E-state index in [0.717, 1.165) is 5.56 Å². The number of amides is 1. The molecule has 1 aromatic heterocycles. The summed E-state index contributed by atoms with van der Waals surface area (Å²) in [7, 11) is 3.24. The normalized spacial score (nSPS) is 10.3. The summed E-state index contributed by atoms with van der Waals surface area (Å²) >= 11 is 0. The lowest BCUT2D eigenvalue weighted by atomic mass is 10.1. The molecule has 128 valence electrons. The lowest BCUT2D eigenvalue weighted by Gasteiger charge is -2.18. The molecule has 1 aromatic carbocycles. The summed E-state index contributed by atoms with van der Waals surface area (Å²) in [5.74, 6) is 1.07. The standard InChI is InChI=1S/C16H21N5O3/c1-21(10-11-8-19-16(18)20-9-11)15(22)12-3-4-13(23-2)14(7-12)24-6-5-17/h3-4,7-9H,5-6,10,17H2,1-2H3,(H2,18,19,20). The Balaban J connectivity index is 2.14. The second kappa shape index (κ2) is 8.11. The fraction of sp³-hybridized carbons (Fsp3) is 0.312. The summed E-state index contributed by atoms with van der Waals surface area (Å²) in [5, 5.41) is 0. The van der Waals surface area contributed by atoms with Gasteiger partial charge in [0.25, 0.3) is 5.91 Å². The number of ether oxygens (including phenoxy) is 2. The Labute approximate surface area is 140 Å². The van der Waals surface area contributed by atoms with Gasteiger partial charge in [0, 0.05) is 43.7 Å². The fourth-order valence-electron chi connectivity index (χ4n) is 2.10. The fourth-order valence-corrected chi connectivity index (χ4v) is 2.10. The van der Waals surface area contributed by atoms with Crippen LogP contribution in [0.25, 0.3) is 0 Å². The van der Waals surface area contributed by atoms with Crippen molar-refractivity contribution in [3.8, 4) is 11.5 Å². The van der Waals surface area contributed by atoms with Crippen LogP contribution in [0.1, 0.15) is 15.9 Å². The molecule has 1 amide bonds. The minimum atomic E-state index is -0.160. The van der Waals surface area contributed by atoms with E-state index in [1.54, 1.807) is 49.7 Å². The van der Waals surface area contributed by atoms with Crippen molar-refractivity contribution < 1.29 is 14.3 Å². The van der Waals surface area contributed by atoms with Gasteiger partial charge in [0.05, 0.1) is 7.11 Å². The van der Waals surface area contributed by atoms with E-state index in [1.165, 1.54) is 0 Å². The van der Waals surface area contributed by atoms with Gasteiger partial charge in [-0.15, -0.1) is 0 Å². The zero-order chi connectivity index (χ0) is 17.5. The maximum atomic E-state index is 12.6. The van der Waals surface area contributed by atoms with Crippen LogP contribution in [0.15, 0.2) is 30.6 Å². The number of hydrogen-bond acceptors (Lipinski definition) is 7. The second-order valence-corrected chi connectivity index (χ2v) is 5.11. The van der Waals surface area contributed by atoms with E-state index in [9.17, 15) is 4.79 Å². The number of nitrogens with two attached hydrogens (primary N) is 2. The van der Waals surface area contributed by atoms with Gasteiger partial charge in [0.2, 0.25) is 5.95 Å². The topological polar surface area (TPSA) is 117 Å². The minimum Gasteiger partial charge on any atom is -0.493 e. The van der Waals surface area contributed by atoms with Crippen molar-refractivity contribution in [3.05, 3.63) is 41.7 Å². The molecule has 0 unspecified atom stereocenters. The first-order chi connectivity index (χ1) is 11.5. The van der Waals surface area contributed by atoms with Crippen molar-refractivity contribution in [1.82, 2.24) is 14.9 Å². The van der Waals surface area contributed by atoms with Crippen LogP contribution in [0.3, 0.4) is 0 Å². The Morgan fingerprint density at radius 1 is 1.25 bits per heavy atom. The zero-order valence-electron chi connectivity index (χ0n) is 13.7. The number of methoxy groups -OCH3 is 1. The Bertz CT molecular complexity index is 691. The van der Waals surface area contributed by atoms with Crippen LogP contribution in [0.5, 0.6) is 11.5 Å². The molecule has 0 aliphatic rings. The predicted octanol–water partition coefficient (Wildman–Crippen LogP) is 0.677. The molecule has 0 fully saturated rings. The molecule has 0 radical (unpaired) electrons. The van der Waals surface area contributed by atoms with E-state index in [2.05, 4.69) is 9.97 Å². The third-order valence-electron chi connectivity index (χ3n) is 3.28. The Kier molecular flexibility index (Phi) is 5.91. The first-order valence-corrected chi connectivity index (χ1v) is 7.38. The van der Waals surface area contributed by atoms with E-state index in [4.69, 9.17) is 20.9 Å². The molecule has 8 nitrogen and oxygen atoms in total. The molecule has 0 aliphatic carbocycles. The molecule has 2 aromatic rings. The van der Waals surface area contributed by atoms with Crippen LogP contribution in [-0.2, 0) is 6.54 Å². The third kappa shape index (κ3) is 4.32. The molecule has 0 atom stereocenters. The highest BCUT2D eigenvalue weighted by Gasteiger charge is 2.15. The van der Waals surface area contributed by atoms with Crippen LogP contribution in [0.2, 0.25) is 0 Å². The van der Waals surface area contributed by atoms with Crippen molar-refractivity contribution in [2.45, 2.75) is 6.54 Å². The number of aromatic nitrogens is 2. The lowest BCUT2D eigenvalue weighted by Crippen LogP contribution is -2.26. The van der Waals surface area contributed by atoms with Gasteiger partial charge in [-0.1, -0.05) is 0 Å². The smallest absolute Gasteiger partial charge is 0.254 e. The van der Waals surface area contributed by atoms with E-state index in [1.807, 2.05) is 0 Å². The van der Waals surface area contributed by atoms with Crippen molar-refractivity contribution in [2.75, 3.05) is 33.0 Å². The van der Waals surface area contributed by atoms with Gasteiger partial charge in [-0.05, 0) is 18.2 Å². The summed E-state index contributed by atoms with van der Waals surface area (Å²) in [5.41, 5.74) is 12.2. The summed E-state index contributed by atoms with van der Waals surface area (Å²) in [4.78, 5) is 22.0. The van der Waals surface area contributed by atoms with Gasteiger partial charge < -0.3 is 25.8 Å². The highest BCUT2D eigenvalue weighted by atomic mass is 16.5. The average Bonchev–Trinajstić information content (AvgIpc) is 2.60. The van der Waals surface area contributed by atoms with E-state index in [0.29, 0.717) is 36.8 Å². The first kappa shape index (κ1) is 17.5. The van der Waals surface area contributed by atoms with Crippen molar-refractivity contribution in [1.29, 1.82) is 0 Å². The van der Waals surface area contributed by atoms with Gasteiger partial charge in [-0.2, -0.15) is 0 Å². The van der Waals surface area contributed by atoms with Crippen LogP contribution in [-0.4, -0.2) is 48.1 Å². The molecule has 4 N–H and O–H groups in total. The largest absolute Gasteiger partial charge is 0.493 e. The van der Waals surface area contributed by atoms with Crippen LogP contribution in [0, 0.1) is 0 Å². The van der Waals surface area contributed by atoms with Gasteiger partial charge in [0.1, 0.15) is 6.61 Å². The molecule has 0 aliphatic heterocycles. The number of nitrogens with zero attached hydrogens (tertiary/aromatic N) is 3. The van der Waals surface area contributed by atoms with E-state index >= 15 is 0 Å². The zero-order valence-corrected chi connectivity index (χ0v) is 13.7. The molecule has 2 rings (SSSR count). The van der Waals surface area contributed by atoms with Crippen molar-refractivity contribution >= 4 is 11.9 Å². The molecule has 0 bridgehead atoms. The molecule has 1 heterocycles. The van der Waals surface area contributed by atoms with Crippen LogP contribution in [0.4, 0.5) is 5.95 Å². The van der Waals surface area contributed by atoms with Gasteiger partial charge in [0.15, 0.2) is 11.5 Å². The van der Waals surface area contributed by atoms with E-state index < -0.39 is 0 Å². The first-order valence-electron chi connectivity index (χ1n) is 7.38. The molecular formula is C16H21N5O3. The minimum absolute atomic E-state index is 0.160. The van der Waals surface area contributed by atoms with Gasteiger partial charge in [-0.3, -0.25) is 4.79 Å². The quantitative estimate of drug-likeness (QED) is 0.766. The van der Waals surface area contributed by atoms with Crippen molar-refractivity contribution in [2.24, 2.45) is 5.73 Å². The number of nitrogen functional groups attached to an aromatic ring is 1. The second-order valence-electron chi connectivity index (χ2n) is 5.11. The summed E-state index contributed by atoms with van der Waals surface area (Å²) in [6, 6.07) is 5.03. The number of benzene rings is 1. The Morgan fingerprint density at radius 2 is 1.96 bits per heavy atom. The van der Waals surface area contributed by atoms with Crippen LogP contribution >= 0.6 is 0 Å². The van der Waals surface area contributed by atoms with Gasteiger partial charge in [-0.25, -0.2) is 9.97 Å². The molecule has 0 spiro atoms. The van der Waals surface area contributed by atoms with E-state index in [-0.39, 0.29) is 11.9 Å². The number of hydrogen-bond donors (Lipinski definition) is 2. The van der Waals surface area contributed by atoms with Crippen molar-refractivity contribution in [3.63, 3.8) is 0 Å². The van der Waals surface area contributed by atoms with Gasteiger partial charge >= 0.3 is 0 Å². The predicted molar refractivity (Wildman–Crippen MR) is 89.8 cm³/mol. The van der Waals surface area contributed by atoms with Crippen LogP contribution < -0.4 is 20.9 Å². The summed E-state index contributed by atoms with van der Waals surface area (Å²) in [6.07, 6.45) is 3.19. The monoisotopic (exact) mass is 331 g/mol. The lowest BCUT2D eigenvalue weighted by molar-refractivity contribution is 0.0784.